The molecule has 0 aromatic carbocycles. The Kier molecular flexibility index (Phi) is 70.4. The van der Waals surface area contributed by atoms with Crippen LogP contribution in [-0.2, 0) is 32.7 Å². The number of allylic oxidation sites excluding steroid dienone is 12. The number of rotatable bonds is 71. The zero-order valence-corrected chi connectivity index (χ0v) is 58.2. The van der Waals surface area contributed by atoms with Gasteiger partial charge in [0.1, 0.15) is 6.61 Å². The van der Waals surface area contributed by atoms with E-state index < -0.39 is 26.5 Å². The number of hydrogen-bond donors (Lipinski definition) is 2. The third kappa shape index (κ3) is 72.4. The molecule has 0 bridgehead atoms. The Labute approximate surface area is 539 Å². The van der Waals surface area contributed by atoms with Gasteiger partial charge < -0.3 is 20.1 Å². The van der Waals surface area contributed by atoms with Crippen molar-refractivity contribution in [1.82, 2.24) is 0 Å². The van der Waals surface area contributed by atoms with Gasteiger partial charge in [-0.3, -0.25) is 18.6 Å². The molecular weight excluding hydrogens is 1100 g/mol. The van der Waals surface area contributed by atoms with Crippen molar-refractivity contribution in [2.45, 2.75) is 380 Å². The van der Waals surface area contributed by atoms with Crippen molar-refractivity contribution < 1.29 is 37.6 Å². The molecule has 0 amide bonds. The predicted octanol–water partition coefficient (Wildman–Crippen LogP) is 24.8. The van der Waals surface area contributed by atoms with E-state index in [1.54, 1.807) is 0 Å². The Balaban J connectivity index is 3.80. The van der Waals surface area contributed by atoms with Gasteiger partial charge in [-0.1, -0.05) is 350 Å². The SMILES string of the molecule is CC/C=C\C/C=C\C/C=C\C/C=C\C/C=C\CCCCCCCCCCCCCCCCCC(=O)OC(COC(=O)CCCCCCCCCCCCCCCCCCCCCCCCC/C=C\CCCCCCCCCC)COP(=O)(O)OCCN. The molecule has 0 radical (unpaired) electrons. The largest absolute Gasteiger partial charge is 0.472 e. The molecule has 0 heterocycles. The molecule has 0 aromatic heterocycles. The summed E-state index contributed by atoms with van der Waals surface area (Å²) in [7, 11) is -4.40. The summed E-state index contributed by atoms with van der Waals surface area (Å²) in [6, 6.07) is 0. The van der Waals surface area contributed by atoms with Gasteiger partial charge in [0.2, 0.25) is 0 Å². The van der Waals surface area contributed by atoms with Crippen molar-refractivity contribution in [3.05, 3.63) is 72.9 Å². The molecule has 9 nitrogen and oxygen atoms in total. The summed E-state index contributed by atoms with van der Waals surface area (Å²) in [4.78, 5) is 35.4. The van der Waals surface area contributed by atoms with E-state index in [0.717, 1.165) is 70.6 Å². The van der Waals surface area contributed by atoms with E-state index in [4.69, 9.17) is 24.3 Å². The van der Waals surface area contributed by atoms with Gasteiger partial charge in [-0.25, -0.2) is 4.57 Å². The normalized spacial score (nSPS) is 13.3. The van der Waals surface area contributed by atoms with Gasteiger partial charge in [0.25, 0.3) is 0 Å². The summed E-state index contributed by atoms with van der Waals surface area (Å²) in [5.41, 5.74) is 5.41. The summed E-state index contributed by atoms with van der Waals surface area (Å²) in [5.74, 6) is -0.811. The number of phosphoric acid groups is 1. The first-order valence-corrected chi connectivity index (χ1v) is 38.9. The molecule has 0 spiro atoms. The molecule has 0 saturated heterocycles. The summed E-state index contributed by atoms with van der Waals surface area (Å²) in [5, 5.41) is 0. The van der Waals surface area contributed by atoms with Crippen molar-refractivity contribution >= 4 is 19.8 Å². The number of carbonyl (C=O) groups is 2. The van der Waals surface area contributed by atoms with Gasteiger partial charge in [0, 0.05) is 19.4 Å². The van der Waals surface area contributed by atoms with E-state index in [0.29, 0.717) is 6.42 Å². The van der Waals surface area contributed by atoms with Gasteiger partial charge in [-0.2, -0.15) is 0 Å². The van der Waals surface area contributed by atoms with Crippen LogP contribution in [0.5, 0.6) is 0 Å². The minimum atomic E-state index is -4.40. The second-order valence-corrected chi connectivity index (χ2v) is 26.6. The van der Waals surface area contributed by atoms with Crippen molar-refractivity contribution in [3.8, 4) is 0 Å². The molecule has 3 N–H and O–H groups in total. The second kappa shape index (κ2) is 72.5. The first-order valence-electron chi connectivity index (χ1n) is 37.4. The van der Waals surface area contributed by atoms with Crippen LogP contribution < -0.4 is 5.73 Å². The number of ether oxygens (including phenoxy) is 2. The van der Waals surface area contributed by atoms with Crippen LogP contribution in [0, 0.1) is 0 Å². The van der Waals surface area contributed by atoms with Crippen molar-refractivity contribution in [2.24, 2.45) is 5.73 Å². The summed E-state index contributed by atoms with van der Waals surface area (Å²) in [6.07, 6.45) is 95.9. The number of carbonyl (C=O) groups excluding carboxylic acids is 2. The average molecular weight is 1240 g/mol. The lowest BCUT2D eigenvalue weighted by atomic mass is 10.0. The van der Waals surface area contributed by atoms with E-state index in [1.807, 2.05) is 0 Å². The van der Waals surface area contributed by atoms with Crippen molar-refractivity contribution in [3.63, 3.8) is 0 Å². The van der Waals surface area contributed by atoms with Crippen LogP contribution in [-0.4, -0.2) is 49.3 Å². The highest BCUT2D eigenvalue weighted by Crippen LogP contribution is 2.43. The lowest BCUT2D eigenvalue weighted by Crippen LogP contribution is -2.29. The maximum absolute atomic E-state index is 12.8. The molecule has 10 heteroatoms. The summed E-state index contributed by atoms with van der Waals surface area (Å²) in [6.45, 7) is 3.69. The Bertz CT molecular complexity index is 1660. The highest BCUT2D eigenvalue weighted by atomic mass is 31.2. The average Bonchev–Trinajstić information content (AvgIpc) is 3.66. The smallest absolute Gasteiger partial charge is 0.462 e. The summed E-state index contributed by atoms with van der Waals surface area (Å²) >= 11 is 0. The van der Waals surface area contributed by atoms with E-state index in [2.05, 4.69) is 86.8 Å². The topological polar surface area (TPSA) is 134 Å². The molecule has 0 aliphatic carbocycles. The third-order valence-corrected chi connectivity index (χ3v) is 17.6. The second-order valence-electron chi connectivity index (χ2n) is 25.1. The fourth-order valence-electron chi connectivity index (χ4n) is 11.1. The zero-order chi connectivity index (χ0) is 63.0. The van der Waals surface area contributed by atoms with Gasteiger partial charge in [0.05, 0.1) is 13.2 Å². The van der Waals surface area contributed by atoms with E-state index in [-0.39, 0.29) is 38.6 Å². The zero-order valence-electron chi connectivity index (χ0n) is 57.3. The number of nitrogens with two attached hydrogens (primary N) is 1. The third-order valence-electron chi connectivity index (χ3n) is 16.6. The minimum absolute atomic E-state index is 0.0535. The van der Waals surface area contributed by atoms with Crippen LogP contribution in [0.25, 0.3) is 0 Å². The van der Waals surface area contributed by atoms with Crippen LogP contribution in [0.15, 0.2) is 72.9 Å². The fourth-order valence-corrected chi connectivity index (χ4v) is 11.8. The lowest BCUT2D eigenvalue weighted by molar-refractivity contribution is -0.161. The van der Waals surface area contributed by atoms with Crippen LogP contribution in [0.1, 0.15) is 373 Å². The van der Waals surface area contributed by atoms with Crippen LogP contribution in [0.3, 0.4) is 0 Å². The molecule has 0 aliphatic rings. The van der Waals surface area contributed by atoms with Crippen LogP contribution in [0.2, 0.25) is 0 Å². The summed E-state index contributed by atoms with van der Waals surface area (Å²) < 4.78 is 33.2. The molecule has 0 rings (SSSR count). The number of esters is 2. The molecule has 0 aromatic rings. The molecule has 2 unspecified atom stereocenters. The Morgan fingerprint density at radius 1 is 0.356 bits per heavy atom. The molecule has 0 fully saturated rings. The van der Waals surface area contributed by atoms with Crippen molar-refractivity contribution in [1.29, 1.82) is 0 Å². The standard InChI is InChI=1S/C77H142NO8P/c1-3-5-7-9-11-13-15-17-19-21-23-25-27-29-31-33-35-36-37-38-40-41-43-45-47-49-51-53-55-57-59-61-63-65-67-69-76(79)83-73-75(74-85-87(81,82)84-72-71-78)86-77(80)70-68-66-64-62-60-58-56-54-52-50-48-46-44-42-39-34-32-30-28-26-24-22-20-18-16-14-12-10-8-6-4-2/h6,8,12,14,18,20-21,23-24,26,30,32,75H,3-5,7,9-11,13,15-17,19,22,25,27-29,31,33-74,78H2,1-2H3,(H,81,82)/b8-6-,14-12-,20-18-,23-21-,26-24-,32-30-. The van der Waals surface area contributed by atoms with Gasteiger partial charge >= 0.3 is 19.8 Å². The van der Waals surface area contributed by atoms with Gasteiger partial charge in [-0.15, -0.1) is 0 Å². The number of hydrogen-bond acceptors (Lipinski definition) is 8. The first-order chi connectivity index (χ1) is 42.8. The highest BCUT2D eigenvalue weighted by Gasteiger charge is 2.26. The van der Waals surface area contributed by atoms with Gasteiger partial charge in [0.15, 0.2) is 6.10 Å². The van der Waals surface area contributed by atoms with E-state index in [9.17, 15) is 19.0 Å². The van der Waals surface area contributed by atoms with E-state index in [1.165, 1.54) is 270 Å². The van der Waals surface area contributed by atoms with E-state index >= 15 is 0 Å². The molecule has 0 saturated carbocycles. The quantitative estimate of drug-likeness (QED) is 0.0264. The molecular formula is C77H142NO8P. The maximum atomic E-state index is 12.8. The first kappa shape index (κ1) is 84.5. The number of phosphoric ester groups is 1. The van der Waals surface area contributed by atoms with Crippen molar-refractivity contribution in [2.75, 3.05) is 26.4 Å². The van der Waals surface area contributed by atoms with Crippen LogP contribution >= 0.6 is 7.82 Å². The fraction of sp³-hybridized carbons (Fsp3) is 0.818. The van der Waals surface area contributed by atoms with Crippen LogP contribution in [0.4, 0.5) is 0 Å². The molecule has 87 heavy (non-hydrogen) atoms. The predicted molar refractivity (Wildman–Crippen MR) is 376 cm³/mol. The minimum Gasteiger partial charge on any atom is -0.462 e. The Hall–Kier alpha value is -2.55. The molecule has 0 aliphatic heterocycles. The molecule has 2 atom stereocenters. The highest BCUT2D eigenvalue weighted by molar-refractivity contribution is 7.47. The monoisotopic (exact) mass is 1240 g/mol. The number of unbranched alkanes of at least 4 members (excludes halogenated alkanes) is 46. The molecule has 508 valence electrons. The maximum Gasteiger partial charge on any atom is 0.472 e. The lowest BCUT2D eigenvalue weighted by Gasteiger charge is -2.19. The Morgan fingerprint density at radius 2 is 0.632 bits per heavy atom. The Morgan fingerprint density at radius 3 is 0.954 bits per heavy atom. The van der Waals surface area contributed by atoms with Gasteiger partial charge in [-0.05, 0) is 83.5 Å².